The third-order valence-corrected chi connectivity index (χ3v) is 3.69. The third-order valence-electron chi connectivity index (χ3n) is 3.37. The second-order valence-corrected chi connectivity index (χ2v) is 5.60. The number of hydrogen-bond donors (Lipinski definition) is 1. The Kier molecular flexibility index (Phi) is 4.32. The molecule has 1 unspecified atom stereocenters. The first-order valence-electron chi connectivity index (χ1n) is 7.14. The van der Waals surface area contributed by atoms with Crippen LogP contribution in [0, 0.1) is 0 Å². The lowest BCUT2D eigenvalue weighted by Crippen LogP contribution is -2.15. The van der Waals surface area contributed by atoms with E-state index in [2.05, 4.69) is 4.98 Å². The number of halogens is 1. The van der Waals surface area contributed by atoms with E-state index in [9.17, 15) is 5.11 Å². The van der Waals surface area contributed by atoms with Gasteiger partial charge in [-0.1, -0.05) is 35.9 Å². The summed E-state index contributed by atoms with van der Waals surface area (Å²) in [6.45, 7) is 2.53. The summed E-state index contributed by atoms with van der Waals surface area (Å²) in [4.78, 5) is 4.59. The van der Waals surface area contributed by atoms with Crippen molar-refractivity contribution in [3.63, 3.8) is 0 Å². The van der Waals surface area contributed by atoms with Gasteiger partial charge in [0.2, 0.25) is 0 Å². The molecule has 3 aromatic rings. The van der Waals surface area contributed by atoms with Crippen molar-refractivity contribution in [1.29, 1.82) is 0 Å². The van der Waals surface area contributed by atoms with Crippen molar-refractivity contribution in [1.82, 2.24) is 9.55 Å². The van der Waals surface area contributed by atoms with Crippen LogP contribution in [0.3, 0.4) is 0 Å². The van der Waals surface area contributed by atoms with E-state index in [0.717, 1.165) is 16.9 Å². The first-order valence-corrected chi connectivity index (χ1v) is 7.52. The number of aliphatic hydroxyl groups excluding tert-OH is 1. The van der Waals surface area contributed by atoms with Crippen molar-refractivity contribution in [2.45, 2.75) is 26.2 Å². The molecule has 0 saturated carbocycles. The standard InChI is InChI=1S/C17H17ClN2O2/c1-12(21)10-20-15-8-4-3-7-14(15)19-17(20)11-22-16-9-5-2-6-13(16)18/h2-9,12,21H,10-11H2,1H3. The van der Waals surface area contributed by atoms with Crippen molar-refractivity contribution in [2.24, 2.45) is 0 Å². The molecule has 4 nitrogen and oxygen atoms in total. The number of ether oxygens (including phenoxy) is 1. The zero-order chi connectivity index (χ0) is 15.5. The zero-order valence-electron chi connectivity index (χ0n) is 12.2. The number of para-hydroxylation sites is 3. The Morgan fingerprint density at radius 1 is 1.18 bits per heavy atom. The monoisotopic (exact) mass is 316 g/mol. The summed E-state index contributed by atoms with van der Waals surface area (Å²) in [5, 5.41) is 10.3. The maximum atomic E-state index is 9.73. The molecule has 114 valence electrons. The maximum absolute atomic E-state index is 9.73. The summed E-state index contributed by atoms with van der Waals surface area (Å²) in [5.41, 5.74) is 1.88. The lowest BCUT2D eigenvalue weighted by Gasteiger charge is -2.12. The van der Waals surface area contributed by atoms with Crippen LogP contribution in [-0.4, -0.2) is 20.8 Å². The van der Waals surface area contributed by atoms with Gasteiger partial charge in [0.05, 0.1) is 28.7 Å². The van der Waals surface area contributed by atoms with Gasteiger partial charge in [-0.25, -0.2) is 4.98 Å². The fraction of sp³-hybridized carbons (Fsp3) is 0.235. The van der Waals surface area contributed by atoms with E-state index in [1.165, 1.54) is 0 Å². The summed E-state index contributed by atoms with van der Waals surface area (Å²) in [6.07, 6.45) is -0.461. The van der Waals surface area contributed by atoms with Crippen molar-refractivity contribution in [3.05, 3.63) is 59.4 Å². The van der Waals surface area contributed by atoms with E-state index in [-0.39, 0.29) is 0 Å². The van der Waals surface area contributed by atoms with Crippen LogP contribution in [0.25, 0.3) is 11.0 Å². The highest BCUT2D eigenvalue weighted by atomic mass is 35.5. The predicted octanol–water partition coefficient (Wildman–Crippen LogP) is 3.65. The lowest BCUT2D eigenvalue weighted by atomic mass is 10.3. The van der Waals surface area contributed by atoms with E-state index in [4.69, 9.17) is 16.3 Å². The SMILES string of the molecule is CC(O)Cn1c(COc2ccccc2Cl)nc2ccccc21. The van der Waals surface area contributed by atoms with Crippen LogP contribution in [0.5, 0.6) is 5.75 Å². The smallest absolute Gasteiger partial charge is 0.148 e. The third kappa shape index (κ3) is 3.08. The average molecular weight is 317 g/mol. The molecule has 0 aliphatic carbocycles. The van der Waals surface area contributed by atoms with E-state index in [1.54, 1.807) is 13.0 Å². The maximum Gasteiger partial charge on any atom is 0.148 e. The normalized spacial score (nSPS) is 12.5. The van der Waals surface area contributed by atoms with Crippen molar-refractivity contribution in [2.75, 3.05) is 0 Å². The molecule has 0 bridgehead atoms. The number of benzene rings is 2. The molecule has 1 N–H and O–H groups in total. The molecule has 1 heterocycles. The molecule has 0 saturated heterocycles. The van der Waals surface area contributed by atoms with Gasteiger partial charge >= 0.3 is 0 Å². The molecule has 5 heteroatoms. The van der Waals surface area contributed by atoms with E-state index >= 15 is 0 Å². The molecule has 0 spiro atoms. The van der Waals surface area contributed by atoms with Crippen LogP contribution in [0.4, 0.5) is 0 Å². The summed E-state index contributed by atoms with van der Waals surface area (Å²) >= 11 is 6.10. The second kappa shape index (κ2) is 6.38. The highest BCUT2D eigenvalue weighted by molar-refractivity contribution is 6.32. The molecular formula is C17H17ClN2O2. The molecule has 2 aromatic carbocycles. The van der Waals surface area contributed by atoms with E-state index < -0.39 is 6.10 Å². The Morgan fingerprint density at radius 3 is 2.68 bits per heavy atom. The number of aromatic nitrogens is 2. The van der Waals surface area contributed by atoms with Crippen LogP contribution in [0.15, 0.2) is 48.5 Å². The summed E-state index contributed by atoms with van der Waals surface area (Å²) in [5.74, 6) is 1.39. The van der Waals surface area contributed by atoms with Gasteiger partial charge in [-0.2, -0.15) is 0 Å². The Bertz CT molecular complexity index is 783. The highest BCUT2D eigenvalue weighted by Crippen LogP contribution is 2.25. The minimum atomic E-state index is -0.461. The van der Waals surface area contributed by atoms with E-state index in [0.29, 0.717) is 23.9 Å². The predicted molar refractivity (Wildman–Crippen MR) is 87.2 cm³/mol. The van der Waals surface area contributed by atoms with Gasteiger partial charge in [-0.15, -0.1) is 0 Å². The molecule has 3 rings (SSSR count). The van der Waals surface area contributed by atoms with Crippen LogP contribution in [0.1, 0.15) is 12.7 Å². The fourth-order valence-corrected chi connectivity index (χ4v) is 2.60. The molecule has 22 heavy (non-hydrogen) atoms. The highest BCUT2D eigenvalue weighted by Gasteiger charge is 2.13. The topological polar surface area (TPSA) is 47.3 Å². The first-order chi connectivity index (χ1) is 10.6. The minimum Gasteiger partial charge on any atom is -0.484 e. The molecule has 0 fully saturated rings. The first kappa shape index (κ1) is 14.9. The van der Waals surface area contributed by atoms with Crippen molar-refractivity contribution >= 4 is 22.6 Å². The fourth-order valence-electron chi connectivity index (χ4n) is 2.41. The quantitative estimate of drug-likeness (QED) is 0.781. The molecule has 0 amide bonds. The summed E-state index contributed by atoms with van der Waals surface area (Å²) in [6, 6.07) is 15.2. The van der Waals surface area contributed by atoms with Gasteiger partial charge in [0.15, 0.2) is 0 Å². The molecule has 0 aliphatic heterocycles. The van der Waals surface area contributed by atoms with Crippen molar-refractivity contribution in [3.8, 4) is 5.75 Å². The largest absolute Gasteiger partial charge is 0.484 e. The number of imidazole rings is 1. The van der Waals surface area contributed by atoms with Gasteiger partial charge in [0.1, 0.15) is 18.2 Å². The number of rotatable bonds is 5. The van der Waals surface area contributed by atoms with Gasteiger partial charge in [-0.3, -0.25) is 0 Å². The zero-order valence-corrected chi connectivity index (χ0v) is 13.0. The Labute approximate surface area is 133 Å². The Hall–Kier alpha value is -2.04. The molecule has 1 aromatic heterocycles. The average Bonchev–Trinajstić information content (AvgIpc) is 2.84. The molecule has 0 radical (unpaired) electrons. The van der Waals surface area contributed by atoms with Gasteiger partial charge < -0.3 is 14.4 Å². The summed E-state index contributed by atoms with van der Waals surface area (Å²) < 4.78 is 7.76. The van der Waals surface area contributed by atoms with Crippen LogP contribution in [-0.2, 0) is 13.2 Å². The summed E-state index contributed by atoms with van der Waals surface area (Å²) in [7, 11) is 0. The van der Waals surface area contributed by atoms with Gasteiger partial charge in [-0.05, 0) is 31.2 Å². The number of nitrogens with zero attached hydrogens (tertiary/aromatic N) is 2. The molecular weight excluding hydrogens is 300 g/mol. The van der Waals surface area contributed by atoms with Crippen LogP contribution in [0.2, 0.25) is 5.02 Å². The molecule has 0 aliphatic rings. The molecule has 1 atom stereocenters. The van der Waals surface area contributed by atoms with Gasteiger partial charge in [0, 0.05) is 0 Å². The number of aliphatic hydroxyl groups is 1. The van der Waals surface area contributed by atoms with Crippen LogP contribution < -0.4 is 4.74 Å². The second-order valence-electron chi connectivity index (χ2n) is 5.20. The minimum absolute atomic E-state index is 0.297. The van der Waals surface area contributed by atoms with Crippen LogP contribution >= 0.6 is 11.6 Å². The number of hydrogen-bond acceptors (Lipinski definition) is 3. The number of fused-ring (bicyclic) bond motifs is 1. The Balaban J connectivity index is 1.91. The van der Waals surface area contributed by atoms with Crippen molar-refractivity contribution < 1.29 is 9.84 Å². The van der Waals surface area contributed by atoms with E-state index in [1.807, 2.05) is 47.0 Å². The Morgan fingerprint density at radius 2 is 1.91 bits per heavy atom. The lowest BCUT2D eigenvalue weighted by molar-refractivity contribution is 0.171. The van der Waals surface area contributed by atoms with Gasteiger partial charge in [0.25, 0.3) is 0 Å².